The fourth-order valence-corrected chi connectivity index (χ4v) is 1.50. The second-order valence-electron chi connectivity index (χ2n) is 3.55. The minimum absolute atomic E-state index is 0.0288. The number of aliphatic hydroxyl groups excluding tert-OH is 1. The number of benzene rings is 1. The number of phenols is 1. The third-order valence-electron chi connectivity index (χ3n) is 2.21. The van der Waals surface area contributed by atoms with E-state index < -0.39 is 5.54 Å². The van der Waals surface area contributed by atoms with Crippen molar-refractivity contribution in [3.05, 3.63) is 28.8 Å². The SMILES string of the molecule is C[C@@](N)(CCO)c1cc(Cl)ccc1O. The molecule has 3 nitrogen and oxygen atoms in total. The molecule has 4 heteroatoms. The molecule has 0 aromatic heterocycles. The lowest BCUT2D eigenvalue weighted by molar-refractivity contribution is 0.245. The molecule has 0 aliphatic rings. The Labute approximate surface area is 88.1 Å². The molecular formula is C10H14ClNO2. The molecule has 0 bridgehead atoms. The number of nitrogens with two attached hydrogens (primary N) is 1. The van der Waals surface area contributed by atoms with Crippen LogP contribution in [0.2, 0.25) is 5.02 Å². The Kier molecular flexibility index (Phi) is 3.37. The quantitative estimate of drug-likeness (QED) is 0.718. The van der Waals surface area contributed by atoms with Crippen LogP contribution in [0.3, 0.4) is 0 Å². The summed E-state index contributed by atoms with van der Waals surface area (Å²) in [5, 5.41) is 18.9. The third-order valence-corrected chi connectivity index (χ3v) is 2.44. The van der Waals surface area contributed by atoms with E-state index in [1.165, 1.54) is 6.07 Å². The van der Waals surface area contributed by atoms with Gasteiger partial charge in [-0.1, -0.05) is 11.6 Å². The van der Waals surface area contributed by atoms with E-state index in [9.17, 15) is 5.11 Å². The topological polar surface area (TPSA) is 66.5 Å². The van der Waals surface area contributed by atoms with E-state index in [4.69, 9.17) is 22.4 Å². The summed E-state index contributed by atoms with van der Waals surface area (Å²) in [5.41, 5.74) is 5.73. The number of hydrogen-bond acceptors (Lipinski definition) is 3. The van der Waals surface area contributed by atoms with Crippen molar-refractivity contribution in [2.45, 2.75) is 18.9 Å². The zero-order valence-corrected chi connectivity index (χ0v) is 8.75. The van der Waals surface area contributed by atoms with Gasteiger partial charge in [0, 0.05) is 22.7 Å². The van der Waals surface area contributed by atoms with Crippen molar-refractivity contribution in [3.8, 4) is 5.75 Å². The highest BCUT2D eigenvalue weighted by molar-refractivity contribution is 6.30. The molecule has 0 spiro atoms. The smallest absolute Gasteiger partial charge is 0.120 e. The Bertz CT molecular complexity index is 326. The van der Waals surface area contributed by atoms with E-state index in [1.54, 1.807) is 19.1 Å². The summed E-state index contributed by atoms with van der Waals surface area (Å²) in [7, 11) is 0. The van der Waals surface area contributed by atoms with Crippen LogP contribution in [0.25, 0.3) is 0 Å². The van der Waals surface area contributed by atoms with Crippen LogP contribution in [0.15, 0.2) is 18.2 Å². The first kappa shape index (κ1) is 11.3. The van der Waals surface area contributed by atoms with Crippen LogP contribution in [0, 0.1) is 0 Å². The minimum Gasteiger partial charge on any atom is -0.508 e. The summed E-state index contributed by atoms with van der Waals surface area (Å²) in [4.78, 5) is 0. The van der Waals surface area contributed by atoms with Crippen molar-refractivity contribution in [3.63, 3.8) is 0 Å². The lowest BCUT2D eigenvalue weighted by Gasteiger charge is -2.25. The molecule has 0 heterocycles. The van der Waals surface area contributed by atoms with Gasteiger partial charge in [0.05, 0.1) is 0 Å². The highest BCUT2D eigenvalue weighted by Gasteiger charge is 2.23. The maximum atomic E-state index is 9.58. The van der Waals surface area contributed by atoms with Crippen LogP contribution < -0.4 is 5.73 Å². The van der Waals surface area contributed by atoms with Crippen molar-refractivity contribution in [2.24, 2.45) is 5.73 Å². The molecule has 0 aliphatic carbocycles. The predicted octanol–water partition coefficient (Wildman–Crippen LogP) is 1.60. The third kappa shape index (κ3) is 2.38. The first-order valence-electron chi connectivity index (χ1n) is 4.36. The Morgan fingerprint density at radius 2 is 2.14 bits per heavy atom. The summed E-state index contributed by atoms with van der Waals surface area (Å²) < 4.78 is 0. The Morgan fingerprint density at radius 1 is 1.50 bits per heavy atom. The van der Waals surface area contributed by atoms with Crippen molar-refractivity contribution in [1.29, 1.82) is 0 Å². The standard InChI is InChI=1S/C10H14ClNO2/c1-10(12,4-5-13)8-6-7(11)2-3-9(8)14/h2-3,6,13-14H,4-5,12H2,1H3/t10-/m1/s1. The van der Waals surface area contributed by atoms with Crippen LogP contribution in [0.5, 0.6) is 5.75 Å². The van der Waals surface area contributed by atoms with E-state index in [0.717, 1.165) is 0 Å². The molecule has 0 aliphatic heterocycles. The first-order chi connectivity index (χ1) is 6.47. The van der Waals surface area contributed by atoms with Gasteiger partial charge in [0.2, 0.25) is 0 Å². The minimum atomic E-state index is -0.760. The Balaban J connectivity index is 3.10. The lowest BCUT2D eigenvalue weighted by atomic mass is 9.89. The van der Waals surface area contributed by atoms with Gasteiger partial charge in [-0.05, 0) is 31.5 Å². The highest BCUT2D eigenvalue weighted by atomic mass is 35.5. The summed E-state index contributed by atoms with van der Waals surface area (Å²) in [6.07, 6.45) is 0.376. The predicted molar refractivity (Wildman–Crippen MR) is 56.4 cm³/mol. The molecule has 4 N–H and O–H groups in total. The molecule has 14 heavy (non-hydrogen) atoms. The van der Waals surface area contributed by atoms with Crippen LogP contribution in [-0.2, 0) is 5.54 Å². The molecule has 0 saturated carbocycles. The largest absolute Gasteiger partial charge is 0.508 e. The van der Waals surface area contributed by atoms with E-state index in [2.05, 4.69) is 0 Å². The Hall–Kier alpha value is -0.770. The molecule has 0 amide bonds. The fourth-order valence-electron chi connectivity index (χ4n) is 1.33. The number of aromatic hydroxyl groups is 1. The molecule has 0 radical (unpaired) electrons. The molecule has 1 rings (SSSR count). The van der Waals surface area contributed by atoms with Crippen molar-refractivity contribution < 1.29 is 10.2 Å². The highest BCUT2D eigenvalue weighted by Crippen LogP contribution is 2.31. The van der Waals surface area contributed by atoms with Crippen LogP contribution in [0.1, 0.15) is 18.9 Å². The average molecular weight is 216 g/mol. The molecular weight excluding hydrogens is 202 g/mol. The van der Waals surface area contributed by atoms with E-state index in [0.29, 0.717) is 17.0 Å². The molecule has 78 valence electrons. The molecule has 0 fully saturated rings. The van der Waals surface area contributed by atoms with Crippen molar-refractivity contribution in [1.82, 2.24) is 0 Å². The van der Waals surface area contributed by atoms with Crippen molar-refractivity contribution in [2.75, 3.05) is 6.61 Å². The fraction of sp³-hybridized carbons (Fsp3) is 0.400. The number of aliphatic hydroxyl groups is 1. The van der Waals surface area contributed by atoms with E-state index >= 15 is 0 Å². The van der Waals surface area contributed by atoms with E-state index in [-0.39, 0.29) is 12.4 Å². The van der Waals surface area contributed by atoms with Gasteiger partial charge in [0.25, 0.3) is 0 Å². The first-order valence-corrected chi connectivity index (χ1v) is 4.74. The summed E-state index contributed by atoms with van der Waals surface area (Å²) in [6, 6.07) is 4.71. The molecule has 1 atom stereocenters. The molecule has 0 unspecified atom stereocenters. The van der Waals surface area contributed by atoms with Gasteiger partial charge in [-0.2, -0.15) is 0 Å². The second kappa shape index (κ2) is 4.17. The van der Waals surface area contributed by atoms with Gasteiger partial charge >= 0.3 is 0 Å². The normalized spacial score (nSPS) is 15.1. The van der Waals surface area contributed by atoms with Gasteiger partial charge in [0.15, 0.2) is 0 Å². The second-order valence-corrected chi connectivity index (χ2v) is 3.99. The Morgan fingerprint density at radius 3 is 2.71 bits per heavy atom. The number of phenolic OH excluding ortho intramolecular Hbond substituents is 1. The maximum absolute atomic E-state index is 9.58. The summed E-state index contributed by atoms with van der Waals surface area (Å²) >= 11 is 5.79. The summed E-state index contributed by atoms with van der Waals surface area (Å²) in [6.45, 7) is 1.72. The number of halogens is 1. The lowest BCUT2D eigenvalue weighted by Crippen LogP contribution is -2.34. The number of rotatable bonds is 3. The number of hydrogen-bond donors (Lipinski definition) is 3. The zero-order valence-electron chi connectivity index (χ0n) is 8.00. The molecule has 0 saturated heterocycles. The molecule has 1 aromatic rings. The van der Waals surface area contributed by atoms with Gasteiger partial charge in [0.1, 0.15) is 5.75 Å². The van der Waals surface area contributed by atoms with Gasteiger partial charge in [-0.3, -0.25) is 0 Å². The summed E-state index contributed by atoms with van der Waals surface area (Å²) in [5.74, 6) is 0.104. The van der Waals surface area contributed by atoms with Gasteiger partial charge < -0.3 is 15.9 Å². The van der Waals surface area contributed by atoms with Crippen LogP contribution >= 0.6 is 11.6 Å². The van der Waals surface area contributed by atoms with Crippen LogP contribution in [-0.4, -0.2) is 16.8 Å². The van der Waals surface area contributed by atoms with E-state index in [1.807, 2.05) is 0 Å². The maximum Gasteiger partial charge on any atom is 0.120 e. The zero-order chi connectivity index (χ0) is 10.8. The van der Waals surface area contributed by atoms with Gasteiger partial charge in [-0.25, -0.2) is 0 Å². The van der Waals surface area contributed by atoms with Crippen LogP contribution in [0.4, 0.5) is 0 Å². The molecule has 1 aromatic carbocycles. The van der Waals surface area contributed by atoms with Gasteiger partial charge in [-0.15, -0.1) is 0 Å². The monoisotopic (exact) mass is 215 g/mol. The average Bonchev–Trinajstić information content (AvgIpc) is 2.09. The van der Waals surface area contributed by atoms with Crippen molar-refractivity contribution >= 4 is 11.6 Å².